The van der Waals surface area contributed by atoms with E-state index in [9.17, 15) is 9.59 Å². The van der Waals surface area contributed by atoms with Crippen LogP contribution in [0.5, 0.6) is 0 Å². The van der Waals surface area contributed by atoms with Gasteiger partial charge in [-0.25, -0.2) is 9.59 Å². The molecule has 0 aromatic rings. The molecule has 0 rings (SSSR count). The molecule has 0 aromatic heterocycles. The van der Waals surface area contributed by atoms with Crippen LogP contribution in [-0.2, 0) is 19.1 Å². The maximum Gasteiger partial charge on any atom is 0.350 e. The maximum atomic E-state index is 11.8. The lowest BCUT2D eigenvalue weighted by atomic mass is 10.1. The molecular formula is C11H14N2O4S2. The Kier molecular flexibility index (Phi) is 7.79. The molecule has 0 aliphatic heterocycles. The molecule has 6 nitrogen and oxygen atoms in total. The molecule has 8 heteroatoms. The van der Waals surface area contributed by atoms with Gasteiger partial charge >= 0.3 is 11.9 Å². The Balaban J connectivity index is 6.11. The van der Waals surface area contributed by atoms with Gasteiger partial charge in [0.05, 0.1) is 24.2 Å². The van der Waals surface area contributed by atoms with Crippen molar-refractivity contribution in [3.05, 3.63) is 21.1 Å². The summed E-state index contributed by atoms with van der Waals surface area (Å²) < 4.78 is 9.62. The Hall–Kier alpha value is -1.59. The van der Waals surface area contributed by atoms with Gasteiger partial charge < -0.3 is 15.2 Å². The van der Waals surface area contributed by atoms with Gasteiger partial charge in [-0.05, 0) is 12.5 Å². The Morgan fingerprint density at radius 3 is 1.89 bits per heavy atom. The number of rotatable bonds is 5. The third-order valence-corrected chi connectivity index (χ3v) is 4.15. The van der Waals surface area contributed by atoms with Crippen LogP contribution in [0.2, 0.25) is 0 Å². The SMILES string of the molecule is COC(=O)C(=C(SC)SC)/C(N)=C(\C#N)C(=O)OC. The van der Waals surface area contributed by atoms with E-state index in [0.29, 0.717) is 4.24 Å². The average Bonchev–Trinajstić information content (AvgIpc) is 2.43. The van der Waals surface area contributed by atoms with E-state index >= 15 is 0 Å². The number of carbonyl (C=O) groups is 2. The molecule has 0 heterocycles. The Bertz CT molecular complexity index is 472. The normalized spacial score (nSPS) is 10.9. The van der Waals surface area contributed by atoms with Crippen LogP contribution in [0.15, 0.2) is 21.1 Å². The topological polar surface area (TPSA) is 102 Å². The van der Waals surface area contributed by atoms with Crippen molar-refractivity contribution in [2.75, 3.05) is 26.7 Å². The minimum absolute atomic E-state index is 0.00977. The fourth-order valence-corrected chi connectivity index (χ4v) is 2.60. The quantitative estimate of drug-likeness (QED) is 0.347. The van der Waals surface area contributed by atoms with Crippen molar-refractivity contribution in [2.45, 2.75) is 0 Å². The smallest absolute Gasteiger partial charge is 0.350 e. The van der Waals surface area contributed by atoms with Gasteiger partial charge in [0.1, 0.15) is 11.6 Å². The summed E-state index contributed by atoms with van der Waals surface area (Å²) in [5.41, 5.74) is 5.06. The highest BCUT2D eigenvalue weighted by Crippen LogP contribution is 2.31. The molecule has 104 valence electrons. The second-order valence-electron chi connectivity index (χ2n) is 2.95. The molecule has 0 unspecified atom stereocenters. The number of carbonyl (C=O) groups excluding carboxylic acids is 2. The molecule has 0 radical (unpaired) electrons. The van der Waals surface area contributed by atoms with Crippen molar-refractivity contribution in [3.8, 4) is 6.07 Å². The Morgan fingerprint density at radius 1 is 1.11 bits per heavy atom. The first-order chi connectivity index (χ1) is 8.98. The number of hydrogen-bond donors (Lipinski definition) is 1. The number of thioether (sulfide) groups is 2. The van der Waals surface area contributed by atoms with E-state index in [1.165, 1.54) is 30.6 Å². The largest absolute Gasteiger partial charge is 0.465 e. The van der Waals surface area contributed by atoms with E-state index in [0.717, 1.165) is 7.11 Å². The molecule has 0 atom stereocenters. The zero-order valence-corrected chi connectivity index (χ0v) is 12.6. The number of ether oxygens (including phenoxy) is 2. The van der Waals surface area contributed by atoms with Crippen molar-refractivity contribution in [1.82, 2.24) is 0 Å². The molecule has 19 heavy (non-hydrogen) atoms. The van der Waals surface area contributed by atoms with E-state index in [2.05, 4.69) is 9.47 Å². The third kappa shape index (κ3) is 4.22. The lowest BCUT2D eigenvalue weighted by Crippen LogP contribution is -2.19. The van der Waals surface area contributed by atoms with Crippen molar-refractivity contribution in [2.24, 2.45) is 5.73 Å². The number of esters is 2. The molecule has 0 fully saturated rings. The van der Waals surface area contributed by atoms with E-state index < -0.39 is 17.5 Å². The fourth-order valence-electron chi connectivity index (χ4n) is 1.14. The number of nitrogens with two attached hydrogens (primary N) is 1. The second kappa shape index (κ2) is 8.50. The van der Waals surface area contributed by atoms with Crippen LogP contribution < -0.4 is 5.73 Å². The zero-order valence-electron chi connectivity index (χ0n) is 11.0. The number of hydrogen-bond acceptors (Lipinski definition) is 8. The van der Waals surface area contributed by atoms with Crippen LogP contribution in [0, 0.1) is 11.3 Å². The predicted octanol–water partition coefficient (Wildman–Crippen LogP) is 1.01. The molecular weight excluding hydrogens is 288 g/mol. The fraction of sp³-hybridized carbons (Fsp3) is 0.364. The summed E-state index contributed by atoms with van der Waals surface area (Å²) in [6.07, 6.45) is 3.48. The third-order valence-electron chi connectivity index (χ3n) is 2.00. The summed E-state index contributed by atoms with van der Waals surface area (Å²) in [6, 6.07) is 1.63. The first kappa shape index (κ1) is 17.4. The van der Waals surface area contributed by atoms with E-state index in [4.69, 9.17) is 11.0 Å². The summed E-state index contributed by atoms with van der Waals surface area (Å²) in [7, 11) is 2.32. The molecule has 0 aromatic carbocycles. The first-order valence-corrected chi connectivity index (χ1v) is 7.32. The summed E-state index contributed by atoms with van der Waals surface area (Å²) >= 11 is 2.53. The number of methoxy groups -OCH3 is 2. The lowest BCUT2D eigenvalue weighted by molar-refractivity contribution is -0.135. The Labute approximate surface area is 120 Å². The standard InChI is InChI=1S/C11H14N2O4S2/c1-16-9(14)6(5-12)8(13)7(10(15)17-2)11(18-3)19-4/h13H2,1-4H3/b8-6-. The molecule has 0 saturated carbocycles. The highest BCUT2D eigenvalue weighted by molar-refractivity contribution is 8.21. The van der Waals surface area contributed by atoms with Gasteiger partial charge in [0.2, 0.25) is 0 Å². The highest BCUT2D eigenvalue weighted by atomic mass is 32.2. The molecule has 0 bridgehead atoms. The molecule has 0 amide bonds. The van der Waals surface area contributed by atoms with E-state index in [-0.39, 0.29) is 11.3 Å². The van der Waals surface area contributed by atoms with Crippen molar-refractivity contribution >= 4 is 35.5 Å². The average molecular weight is 302 g/mol. The van der Waals surface area contributed by atoms with Crippen molar-refractivity contribution in [3.63, 3.8) is 0 Å². The van der Waals surface area contributed by atoms with Gasteiger partial charge in [0.15, 0.2) is 5.57 Å². The maximum absolute atomic E-state index is 11.8. The molecule has 0 aliphatic rings. The Morgan fingerprint density at radius 2 is 1.58 bits per heavy atom. The predicted molar refractivity (Wildman–Crippen MR) is 74.9 cm³/mol. The zero-order chi connectivity index (χ0) is 15.0. The molecule has 0 spiro atoms. The molecule has 0 saturated heterocycles. The molecule has 0 aliphatic carbocycles. The van der Waals surface area contributed by atoms with Crippen LogP contribution in [0.3, 0.4) is 0 Å². The van der Waals surface area contributed by atoms with Gasteiger partial charge in [-0.2, -0.15) is 5.26 Å². The van der Waals surface area contributed by atoms with Crippen LogP contribution in [0.4, 0.5) is 0 Å². The van der Waals surface area contributed by atoms with Gasteiger partial charge in [-0.15, -0.1) is 23.5 Å². The van der Waals surface area contributed by atoms with E-state index in [1.807, 2.05) is 0 Å². The second-order valence-corrected chi connectivity index (χ2v) is 4.85. The summed E-state index contributed by atoms with van der Waals surface area (Å²) in [5, 5.41) is 8.95. The van der Waals surface area contributed by atoms with Gasteiger partial charge in [0.25, 0.3) is 0 Å². The van der Waals surface area contributed by atoms with E-state index in [1.54, 1.807) is 18.6 Å². The van der Waals surface area contributed by atoms with Gasteiger partial charge in [-0.1, -0.05) is 0 Å². The van der Waals surface area contributed by atoms with Gasteiger partial charge in [0, 0.05) is 0 Å². The van der Waals surface area contributed by atoms with Crippen molar-refractivity contribution in [1.29, 1.82) is 5.26 Å². The van der Waals surface area contributed by atoms with Crippen molar-refractivity contribution < 1.29 is 19.1 Å². The van der Waals surface area contributed by atoms with Crippen LogP contribution in [0.1, 0.15) is 0 Å². The summed E-state index contributed by atoms with van der Waals surface area (Å²) in [4.78, 5) is 23.2. The number of nitrogens with zero attached hydrogens (tertiary/aromatic N) is 1. The minimum atomic E-state index is -0.900. The van der Waals surface area contributed by atoms with Crippen LogP contribution >= 0.6 is 23.5 Å². The van der Waals surface area contributed by atoms with Gasteiger partial charge in [-0.3, -0.25) is 0 Å². The first-order valence-electron chi connectivity index (χ1n) is 4.87. The van der Waals surface area contributed by atoms with Crippen LogP contribution in [-0.4, -0.2) is 38.7 Å². The van der Waals surface area contributed by atoms with Crippen LogP contribution in [0.25, 0.3) is 0 Å². The minimum Gasteiger partial charge on any atom is -0.465 e. The monoisotopic (exact) mass is 302 g/mol. The number of nitriles is 1. The highest BCUT2D eigenvalue weighted by Gasteiger charge is 2.25. The summed E-state index contributed by atoms with van der Waals surface area (Å²) in [5.74, 6) is -1.61. The summed E-state index contributed by atoms with van der Waals surface area (Å²) in [6.45, 7) is 0. The molecule has 2 N–H and O–H groups in total. The lowest BCUT2D eigenvalue weighted by Gasteiger charge is -2.11.